The topological polar surface area (TPSA) is 102 Å². The Labute approximate surface area is 183 Å². The van der Waals surface area contributed by atoms with Gasteiger partial charge in [0.15, 0.2) is 0 Å². The minimum atomic E-state index is 0.290. The van der Waals surface area contributed by atoms with E-state index in [2.05, 4.69) is 101 Å². The summed E-state index contributed by atoms with van der Waals surface area (Å²) in [5.41, 5.74) is 0.580. The van der Waals surface area contributed by atoms with E-state index in [1.165, 1.54) is 23.2 Å². The van der Waals surface area contributed by atoms with Gasteiger partial charge < -0.3 is 32.1 Å². The minimum absolute atomic E-state index is 0.290. The number of thiocarbonyl (C=S) groups is 2. The molecule has 6 N–H and O–H groups in total. The molecule has 164 valence electrons. The molecule has 1 fully saturated rings. The van der Waals surface area contributed by atoms with Gasteiger partial charge in [0.25, 0.3) is 0 Å². The number of hydrogen-bond acceptors (Lipinski definition) is 4. The van der Waals surface area contributed by atoms with E-state index in [1.54, 1.807) is 0 Å². The van der Waals surface area contributed by atoms with Crippen molar-refractivity contribution < 1.29 is 10.6 Å². The van der Waals surface area contributed by atoms with Gasteiger partial charge in [-0.15, -0.1) is 0 Å². The zero-order chi connectivity index (χ0) is 22.4. The molecule has 0 aromatic heterocycles. The molecule has 1 saturated heterocycles. The smallest absolute Gasteiger partial charge is 0.0919 e. The number of nitrogens with zero attached hydrogens (tertiary/aromatic N) is 2. The highest BCUT2D eigenvalue weighted by atomic mass is 32.1. The van der Waals surface area contributed by atoms with E-state index in [0.29, 0.717) is 35.2 Å². The van der Waals surface area contributed by atoms with Gasteiger partial charge >= 0.3 is 0 Å². The molecule has 28 heavy (non-hydrogen) atoms. The van der Waals surface area contributed by atoms with Gasteiger partial charge in [0.2, 0.25) is 0 Å². The van der Waals surface area contributed by atoms with E-state index in [0.717, 1.165) is 13.1 Å². The number of hydrogen-bond donors (Lipinski definition) is 4. The molecule has 0 radical (unpaired) electrons. The van der Waals surface area contributed by atoms with Gasteiger partial charge in [0.05, 0.1) is 36.3 Å². The van der Waals surface area contributed by atoms with Crippen LogP contribution in [-0.2, 0) is 0 Å². The maximum absolute atomic E-state index is 7.13. The lowest BCUT2D eigenvalue weighted by atomic mass is 9.93. The van der Waals surface area contributed by atoms with Crippen molar-refractivity contribution >= 4 is 34.8 Å². The fraction of sp³-hybridized carbons (Fsp3) is 0.900. The molecule has 0 spiro atoms. The molecule has 1 rings (SSSR count). The molecule has 0 saturated carbocycles. The van der Waals surface area contributed by atoms with Crippen LogP contribution in [0.4, 0.5) is 0 Å². The van der Waals surface area contributed by atoms with Gasteiger partial charge in [-0.3, -0.25) is 0 Å². The molecule has 8 heteroatoms. The molecule has 1 aliphatic heterocycles. The maximum Gasteiger partial charge on any atom is 0.0919 e. The summed E-state index contributed by atoms with van der Waals surface area (Å²) in [5, 5.41) is 29.5. The van der Waals surface area contributed by atoms with Crippen LogP contribution in [0.5, 0.6) is 0 Å². The van der Waals surface area contributed by atoms with Crippen LogP contribution in [0.25, 0.3) is 10.8 Å². The number of nitrogens with one attached hydrogen (secondary N) is 2. The van der Waals surface area contributed by atoms with Crippen LogP contribution in [-0.4, -0.2) is 58.7 Å². The summed E-state index contributed by atoms with van der Waals surface area (Å²) in [6, 6.07) is 2.22. The molecule has 4 atom stereocenters. The quantitative estimate of drug-likeness (QED) is 0.346. The van der Waals surface area contributed by atoms with E-state index in [-0.39, 0.29) is 0 Å². The summed E-state index contributed by atoms with van der Waals surface area (Å²) in [7, 11) is 0. The van der Waals surface area contributed by atoms with E-state index >= 15 is 0 Å². The first-order chi connectivity index (χ1) is 12.8. The Balaban J connectivity index is 0. The van der Waals surface area contributed by atoms with Crippen LogP contribution < -0.4 is 21.3 Å². The van der Waals surface area contributed by atoms with Gasteiger partial charge in [-0.25, -0.2) is 0 Å². The predicted octanol–water partition coefficient (Wildman–Crippen LogP) is 1.51. The summed E-state index contributed by atoms with van der Waals surface area (Å²) < 4.78 is 0. The molecule has 0 aromatic rings. The van der Waals surface area contributed by atoms with Crippen molar-refractivity contribution in [1.29, 1.82) is 0 Å². The number of rotatable bonds is 0. The molecular formula is C20H42N6S2. The van der Waals surface area contributed by atoms with Crippen molar-refractivity contribution in [2.45, 2.75) is 103 Å². The van der Waals surface area contributed by atoms with E-state index in [4.69, 9.17) is 10.8 Å². The summed E-state index contributed by atoms with van der Waals surface area (Å²) in [6.07, 6.45) is 2.39. The van der Waals surface area contributed by atoms with Crippen LogP contribution >= 0.6 is 24.4 Å². The summed E-state index contributed by atoms with van der Waals surface area (Å²) in [5.74, 6) is 0. The molecule has 0 unspecified atom stereocenters. The molecule has 0 bridgehead atoms. The lowest BCUT2D eigenvalue weighted by Crippen LogP contribution is -2.98. The molecule has 0 aliphatic carbocycles. The zero-order valence-corrected chi connectivity index (χ0v) is 20.6. The normalized spacial score (nSPS) is 30.6. The van der Waals surface area contributed by atoms with Gasteiger partial charge in [-0.05, 0) is 55.4 Å². The Hall–Kier alpha value is -0.560. The molecule has 1 aliphatic rings. The third-order valence-corrected chi connectivity index (χ3v) is 4.85. The fourth-order valence-corrected chi connectivity index (χ4v) is 3.96. The average Bonchev–Trinajstić information content (AvgIpc) is 2.51. The van der Waals surface area contributed by atoms with E-state index in [9.17, 15) is 0 Å². The maximum atomic E-state index is 7.13. The van der Waals surface area contributed by atoms with Crippen molar-refractivity contribution in [2.24, 2.45) is 0 Å². The first-order valence-corrected chi connectivity index (χ1v) is 10.9. The first kappa shape index (κ1) is 29.6. The van der Waals surface area contributed by atoms with Gasteiger partial charge in [0.1, 0.15) is 0 Å². The van der Waals surface area contributed by atoms with E-state index < -0.39 is 0 Å². The molecule has 0 amide bonds. The highest BCUT2D eigenvalue weighted by Crippen LogP contribution is 2.09. The molecule has 1 heterocycles. The third kappa shape index (κ3) is 17.5. The molecule has 6 nitrogen and oxygen atoms in total. The summed E-state index contributed by atoms with van der Waals surface area (Å²) >= 11 is 7.40. The summed E-state index contributed by atoms with van der Waals surface area (Å²) in [6.45, 7) is 21.0. The highest BCUT2D eigenvalue weighted by Gasteiger charge is 2.29. The van der Waals surface area contributed by atoms with Crippen molar-refractivity contribution in [3.8, 4) is 0 Å². The second-order valence-corrected chi connectivity index (χ2v) is 9.75. The number of isothiocyanates is 2. The predicted molar refractivity (Wildman–Crippen MR) is 127 cm³/mol. The standard InChI is InChI=1S/C18H40N4.2CNS/c1-13-9-17(5,6)19-12-16(4)22-14(2)10-18(7,8)20-11-15(3)21-13;2*2-1-3/h13-16,19-22H,9-12H2,1-8H3;;/q;2*-1/p+2/t13-,14+,15-,16+;;. The van der Waals surface area contributed by atoms with Crippen LogP contribution in [0.2, 0.25) is 0 Å². The highest BCUT2D eigenvalue weighted by molar-refractivity contribution is 7.78. The number of quaternary nitrogens is 2. The first-order valence-electron chi connectivity index (χ1n) is 10.1. The fourth-order valence-electron chi connectivity index (χ4n) is 3.96. The second kappa shape index (κ2) is 15.3. The van der Waals surface area contributed by atoms with Crippen molar-refractivity contribution in [2.75, 3.05) is 13.1 Å². The average molecular weight is 431 g/mol. The van der Waals surface area contributed by atoms with Crippen LogP contribution in [0.15, 0.2) is 0 Å². The Kier molecular flexibility index (Phi) is 16.2. The largest absolute Gasteiger partial charge is 0.753 e. The molecular weight excluding hydrogens is 388 g/mol. The van der Waals surface area contributed by atoms with Crippen molar-refractivity contribution in [3.05, 3.63) is 10.8 Å². The lowest BCUT2D eigenvalue weighted by Gasteiger charge is -2.33. The van der Waals surface area contributed by atoms with Crippen molar-refractivity contribution in [3.63, 3.8) is 0 Å². The summed E-state index contributed by atoms with van der Waals surface area (Å²) in [4.78, 5) is 0. The lowest BCUT2D eigenvalue weighted by molar-refractivity contribution is -0.726. The second-order valence-electron chi connectivity index (χ2n) is 9.39. The Morgan fingerprint density at radius 2 is 0.964 bits per heavy atom. The Morgan fingerprint density at radius 1 is 0.714 bits per heavy atom. The SMILES string of the molecule is C[C@@H]1C[NH2+]C(C)(C)C[C@H](C)N[C@@H](C)C[NH2+]C(C)(C)C[C@@H](C)N1.[N-]=C=S.[N-]=C=S. The van der Waals surface area contributed by atoms with Gasteiger partial charge in [0, 0.05) is 24.9 Å². The van der Waals surface area contributed by atoms with Crippen LogP contribution in [0.1, 0.15) is 68.2 Å². The monoisotopic (exact) mass is 430 g/mol. The Bertz CT molecular complexity index is 439. The van der Waals surface area contributed by atoms with Crippen molar-refractivity contribution in [1.82, 2.24) is 10.6 Å². The third-order valence-electron chi connectivity index (χ3n) is 4.85. The minimum Gasteiger partial charge on any atom is -0.753 e. The zero-order valence-electron chi connectivity index (χ0n) is 19.0. The van der Waals surface area contributed by atoms with E-state index in [1.807, 2.05) is 0 Å². The Morgan fingerprint density at radius 3 is 1.21 bits per heavy atom. The van der Waals surface area contributed by atoms with Crippen LogP contribution in [0, 0.1) is 0 Å². The van der Waals surface area contributed by atoms with Gasteiger partial charge in [-0.1, -0.05) is 24.4 Å². The van der Waals surface area contributed by atoms with Crippen LogP contribution in [0.3, 0.4) is 0 Å². The molecule has 0 aromatic carbocycles. The van der Waals surface area contributed by atoms with Gasteiger partial charge in [-0.2, -0.15) is 10.3 Å². The number of nitrogens with two attached hydrogens (primary N) is 2.